The molecule has 6 heteroatoms. The van der Waals surface area contributed by atoms with E-state index in [1.165, 1.54) is 17.9 Å². The van der Waals surface area contributed by atoms with E-state index in [1.54, 1.807) is 12.1 Å². The fourth-order valence-corrected chi connectivity index (χ4v) is 2.03. The Bertz CT molecular complexity index is 469. The van der Waals surface area contributed by atoms with Gasteiger partial charge in [0.25, 0.3) is 0 Å². The molecule has 0 spiro atoms. The number of amides is 1. The van der Waals surface area contributed by atoms with E-state index in [-0.39, 0.29) is 5.91 Å². The first-order chi connectivity index (χ1) is 8.09. The predicted molar refractivity (Wildman–Crippen MR) is 67.4 cm³/mol. The lowest BCUT2D eigenvalue weighted by Gasteiger charge is -2.18. The van der Waals surface area contributed by atoms with Crippen LogP contribution in [0.25, 0.3) is 0 Å². The first-order valence-electron chi connectivity index (χ1n) is 5.13. The van der Waals surface area contributed by atoms with Crippen molar-refractivity contribution in [3.63, 3.8) is 0 Å². The second kappa shape index (κ2) is 4.83. The van der Waals surface area contributed by atoms with E-state index in [0.717, 1.165) is 0 Å². The van der Waals surface area contributed by atoms with Crippen molar-refractivity contribution < 1.29 is 9.18 Å². The third kappa shape index (κ3) is 2.46. The normalized spacial score (nSPS) is 14.8. The summed E-state index contributed by atoms with van der Waals surface area (Å²) in [6.45, 7) is 2.52. The average molecular weight is 300 g/mol. The number of para-hydroxylation sites is 1. The number of aliphatic imine (C=N–C) groups is 1. The quantitative estimate of drug-likeness (QED) is 0.864. The Morgan fingerprint density at radius 3 is 3.00 bits per heavy atom. The minimum absolute atomic E-state index is 0.110. The van der Waals surface area contributed by atoms with Crippen LogP contribution in [0.3, 0.4) is 0 Å². The molecule has 0 fully saturated rings. The third-order valence-corrected chi connectivity index (χ3v) is 3.08. The van der Waals surface area contributed by atoms with Gasteiger partial charge in [-0.2, -0.15) is 0 Å². The number of benzene rings is 1. The molecular formula is C11H11BrFN3O. The lowest BCUT2D eigenvalue weighted by Crippen LogP contribution is -2.37. The first kappa shape index (κ1) is 12.0. The summed E-state index contributed by atoms with van der Waals surface area (Å²) in [5.41, 5.74) is 0.291. The molecule has 1 aliphatic heterocycles. The van der Waals surface area contributed by atoms with Crippen LogP contribution in [-0.2, 0) is 4.79 Å². The molecule has 1 aromatic rings. The van der Waals surface area contributed by atoms with Gasteiger partial charge >= 0.3 is 0 Å². The topological polar surface area (TPSA) is 44.7 Å². The number of hydrogen-bond donors (Lipinski definition) is 1. The Kier molecular flexibility index (Phi) is 3.42. The van der Waals surface area contributed by atoms with E-state index >= 15 is 0 Å². The molecule has 0 aromatic heterocycles. The number of carbonyl (C=O) groups excluding carboxylic acids is 1. The number of rotatable bonds is 1. The summed E-state index contributed by atoms with van der Waals surface area (Å²) >= 11 is 3.25. The average Bonchev–Trinajstić information content (AvgIpc) is 2.72. The summed E-state index contributed by atoms with van der Waals surface area (Å²) in [5, 5.41) is 2.84. The number of halogens is 2. The largest absolute Gasteiger partial charge is 0.322 e. The molecule has 2 rings (SSSR count). The van der Waals surface area contributed by atoms with Gasteiger partial charge in [-0.25, -0.2) is 4.39 Å². The van der Waals surface area contributed by atoms with Crippen molar-refractivity contribution in [3.05, 3.63) is 28.5 Å². The highest BCUT2D eigenvalue weighted by Crippen LogP contribution is 2.25. The summed E-state index contributed by atoms with van der Waals surface area (Å²) in [6, 6.07) is 4.67. The van der Waals surface area contributed by atoms with Gasteiger partial charge in [-0.1, -0.05) is 6.07 Å². The lowest BCUT2D eigenvalue weighted by molar-refractivity contribution is -0.124. The molecule has 17 heavy (non-hydrogen) atoms. The molecule has 0 unspecified atom stereocenters. The molecule has 1 aromatic carbocycles. The van der Waals surface area contributed by atoms with Crippen molar-refractivity contribution in [1.82, 2.24) is 4.90 Å². The Labute approximate surface area is 107 Å². The van der Waals surface area contributed by atoms with Crippen LogP contribution in [0.2, 0.25) is 0 Å². The fourth-order valence-electron chi connectivity index (χ4n) is 1.59. The lowest BCUT2D eigenvalue weighted by atomic mass is 10.3. The molecule has 0 saturated heterocycles. The summed E-state index contributed by atoms with van der Waals surface area (Å²) in [5.74, 6) is -0.109. The maximum Gasteiger partial charge on any atom is 0.226 e. The molecule has 0 atom stereocenters. The highest BCUT2D eigenvalue weighted by atomic mass is 79.9. The Hall–Kier alpha value is -1.43. The molecule has 0 bridgehead atoms. The van der Waals surface area contributed by atoms with Gasteiger partial charge in [0.05, 0.1) is 12.2 Å². The zero-order chi connectivity index (χ0) is 12.4. The summed E-state index contributed by atoms with van der Waals surface area (Å²) < 4.78 is 14.2. The van der Waals surface area contributed by atoms with Gasteiger partial charge in [0, 0.05) is 17.9 Å². The molecule has 0 aliphatic carbocycles. The van der Waals surface area contributed by atoms with Crippen LogP contribution >= 0.6 is 15.9 Å². The van der Waals surface area contributed by atoms with Gasteiger partial charge in [-0.3, -0.25) is 14.7 Å². The minimum atomic E-state index is -0.391. The van der Waals surface area contributed by atoms with Gasteiger partial charge in [0.15, 0.2) is 0 Å². The Morgan fingerprint density at radius 2 is 2.35 bits per heavy atom. The maximum absolute atomic E-state index is 13.6. The SMILES string of the molecule is CC(=O)N1CCN=C1Nc1c(F)cccc1Br. The first-order valence-corrected chi connectivity index (χ1v) is 5.92. The molecule has 1 aliphatic rings. The number of guanidine groups is 1. The van der Waals surface area contributed by atoms with E-state index in [1.807, 2.05) is 0 Å². The molecule has 0 saturated carbocycles. The molecule has 1 amide bonds. The van der Waals surface area contributed by atoms with Crippen molar-refractivity contribution in [1.29, 1.82) is 0 Å². The van der Waals surface area contributed by atoms with Crippen molar-refractivity contribution in [2.24, 2.45) is 4.99 Å². The van der Waals surface area contributed by atoms with Crippen molar-refractivity contribution in [2.45, 2.75) is 6.92 Å². The Balaban J connectivity index is 2.24. The van der Waals surface area contributed by atoms with Crippen LogP contribution in [-0.4, -0.2) is 29.9 Å². The van der Waals surface area contributed by atoms with E-state index < -0.39 is 5.82 Å². The second-order valence-electron chi connectivity index (χ2n) is 3.60. The molecule has 1 N–H and O–H groups in total. The molecule has 4 nitrogen and oxygen atoms in total. The van der Waals surface area contributed by atoms with Crippen LogP contribution in [0.15, 0.2) is 27.7 Å². The van der Waals surface area contributed by atoms with Crippen molar-refractivity contribution in [2.75, 3.05) is 18.4 Å². The summed E-state index contributed by atoms with van der Waals surface area (Å²) in [4.78, 5) is 16.9. The number of nitrogens with zero attached hydrogens (tertiary/aromatic N) is 2. The summed E-state index contributed by atoms with van der Waals surface area (Å²) in [7, 11) is 0. The van der Waals surface area contributed by atoms with Crippen LogP contribution in [0.4, 0.5) is 10.1 Å². The van der Waals surface area contributed by atoms with Gasteiger partial charge in [-0.15, -0.1) is 0 Å². The van der Waals surface area contributed by atoms with E-state index in [4.69, 9.17) is 0 Å². The monoisotopic (exact) mass is 299 g/mol. The van der Waals surface area contributed by atoms with E-state index in [9.17, 15) is 9.18 Å². The van der Waals surface area contributed by atoms with E-state index in [2.05, 4.69) is 26.2 Å². The molecule has 90 valence electrons. The standard InChI is InChI=1S/C11H11BrFN3O/c1-7(17)16-6-5-14-11(16)15-10-8(12)3-2-4-9(10)13/h2-4H,5-6H2,1H3,(H,14,15). The van der Waals surface area contributed by atoms with Gasteiger partial charge < -0.3 is 5.32 Å². The zero-order valence-electron chi connectivity index (χ0n) is 9.20. The van der Waals surface area contributed by atoms with Crippen LogP contribution in [0.5, 0.6) is 0 Å². The van der Waals surface area contributed by atoms with E-state index in [0.29, 0.717) is 29.2 Å². The Morgan fingerprint density at radius 1 is 1.59 bits per heavy atom. The smallest absolute Gasteiger partial charge is 0.226 e. The van der Waals surface area contributed by atoms with Gasteiger partial charge in [0.2, 0.25) is 11.9 Å². The molecule has 0 radical (unpaired) electrons. The van der Waals surface area contributed by atoms with Crippen LogP contribution < -0.4 is 5.32 Å². The minimum Gasteiger partial charge on any atom is -0.322 e. The van der Waals surface area contributed by atoms with Crippen LogP contribution in [0.1, 0.15) is 6.92 Å². The van der Waals surface area contributed by atoms with Crippen molar-refractivity contribution >= 4 is 33.5 Å². The fraction of sp³-hybridized carbons (Fsp3) is 0.273. The zero-order valence-corrected chi connectivity index (χ0v) is 10.8. The highest BCUT2D eigenvalue weighted by Gasteiger charge is 2.22. The van der Waals surface area contributed by atoms with Crippen molar-refractivity contribution in [3.8, 4) is 0 Å². The van der Waals surface area contributed by atoms with Crippen LogP contribution in [0, 0.1) is 5.82 Å². The number of carbonyl (C=O) groups is 1. The number of anilines is 1. The molecule has 1 heterocycles. The predicted octanol–water partition coefficient (Wildman–Crippen LogP) is 2.22. The number of hydrogen-bond acceptors (Lipinski definition) is 3. The highest BCUT2D eigenvalue weighted by molar-refractivity contribution is 9.10. The van der Waals surface area contributed by atoms with Gasteiger partial charge in [-0.05, 0) is 28.1 Å². The van der Waals surface area contributed by atoms with Gasteiger partial charge in [0.1, 0.15) is 5.82 Å². The second-order valence-corrected chi connectivity index (χ2v) is 4.45. The third-order valence-electron chi connectivity index (χ3n) is 2.42. The maximum atomic E-state index is 13.6. The summed E-state index contributed by atoms with van der Waals surface area (Å²) in [6.07, 6.45) is 0. The molecular weight excluding hydrogens is 289 g/mol. The number of nitrogens with one attached hydrogen (secondary N) is 1.